The van der Waals surface area contributed by atoms with E-state index in [1.165, 1.54) is 6.07 Å². The Morgan fingerprint density at radius 2 is 1.62 bits per heavy atom. The van der Waals surface area contributed by atoms with Gasteiger partial charge in [0.25, 0.3) is 0 Å². The molecular formula is C14H13FS. The molecule has 2 heteroatoms. The summed E-state index contributed by atoms with van der Waals surface area (Å²) in [5.41, 5.74) is 2.68. The normalized spacial score (nSPS) is 12.4. The van der Waals surface area contributed by atoms with Crippen LogP contribution in [0, 0.1) is 5.82 Å². The lowest BCUT2D eigenvalue weighted by Crippen LogP contribution is -1.86. The van der Waals surface area contributed by atoms with Gasteiger partial charge in [-0.05, 0) is 24.1 Å². The lowest BCUT2D eigenvalue weighted by Gasteiger charge is -2.07. The highest BCUT2D eigenvalue weighted by Gasteiger charge is 2.04. The van der Waals surface area contributed by atoms with Crippen molar-refractivity contribution in [2.75, 3.05) is 0 Å². The average molecular weight is 232 g/mol. The highest BCUT2D eigenvalue weighted by atomic mass is 32.1. The van der Waals surface area contributed by atoms with E-state index < -0.39 is 0 Å². The quantitative estimate of drug-likeness (QED) is 0.725. The van der Waals surface area contributed by atoms with Crippen molar-refractivity contribution in [3.8, 4) is 11.1 Å². The molecule has 0 aromatic heterocycles. The van der Waals surface area contributed by atoms with Crippen molar-refractivity contribution in [1.29, 1.82) is 0 Å². The monoisotopic (exact) mass is 232 g/mol. The second kappa shape index (κ2) is 4.71. The van der Waals surface area contributed by atoms with Crippen molar-refractivity contribution < 1.29 is 4.39 Å². The summed E-state index contributed by atoms with van der Waals surface area (Å²) in [4.78, 5) is 0. The van der Waals surface area contributed by atoms with Crippen molar-refractivity contribution in [2.24, 2.45) is 0 Å². The fraction of sp³-hybridized carbons (Fsp3) is 0.143. The summed E-state index contributed by atoms with van der Waals surface area (Å²) in [6.07, 6.45) is 0. The summed E-state index contributed by atoms with van der Waals surface area (Å²) in [7, 11) is 0. The van der Waals surface area contributed by atoms with E-state index in [-0.39, 0.29) is 11.1 Å². The molecular weight excluding hydrogens is 219 g/mol. The molecule has 0 N–H and O–H groups in total. The van der Waals surface area contributed by atoms with Crippen LogP contribution >= 0.6 is 12.6 Å². The van der Waals surface area contributed by atoms with Crippen LogP contribution in [0.5, 0.6) is 0 Å². The Hall–Kier alpha value is -1.28. The van der Waals surface area contributed by atoms with Crippen molar-refractivity contribution >= 4 is 12.6 Å². The van der Waals surface area contributed by atoms with Gasteiger partial charge in [0.05, 0.1) is 0 Å². The van der Waals surface area contributed by atoms with E-state index in [1.54, 1.807) is 12.1 Å². The number of benzene rings is 2. The number of thiol groups is 1. The zero-order valence-electron chi connectivity index (χ0n) is 9.02. The third kappa shape index (κ3) is 2.27. The second-order valence-corrected chi connectivity index (χ2v) is 4.55. The largest absolute Gasteiger partial charge is 0.206 e. The number of halogens is 1. The topological polar surface area (TPSA) is 0 Å². The van der Waals surface area contributed by atoms with E-state index in [9.17, 15) is 4.39 Å². The molecule has 0 aliphatic carbocycles. The molecule has 0 amide bonds. The molecule has 16 heavy (non-hydrogen) atoms. The van der Waals surface area contributed by atoms with Crippen molar-refractivity contribution in [3.63, 3.8) is 0 Å². The first-order valence-corrected chi connectivity index (χ1v) is 5.73. The predicted molar refractivity (Wildman–Crippen MR) is 69.2 cm³/mol. The highest BCUT2D eigenvalue weighted by molar-refractivity contribution is 7.80. The SMILES string of the molecule is CC(S)c1ccc(-c2ccccc2F)cc1. The van der Waals surface area contributed by atoms with Gasteiger partial charge < -0.3 is 0 Å². The van der Waals surface area contributed by atoms with Gasteiger partial charge in [0.1, 0.15) is 5.82 Å². The van der Waals surface area contributed by atoms with Gasteiger partial charge in [-0.2, -0.15) is 12.6 Å². The van der Waals surface area contributed by atoms with Crippen LogP contribution < -0.4 is 0 Å². The lowest BCUT2D eigenvalue weighted by atomic mass is 10.0. The van der Waals surface area contributed by atoms with Crippen molar-refractivity contribution in [2.45, 2.75) is 12.2 Å². The summed E-state index contributed by atoms with van der Waals surface area (Å²) < 4.78 is 13.5. The predicted octanol–water partition coefficient (Wildman–Crippen LogP) is 4.48. The standard InChI is InChI=1S/C14H13FS/c1-10(16)11-6-8-12(9-7-11)13-4-2-3-5-14(13)15/h2-10,16H,1H3. The van der Waals surface area contributed by atoms with Crippen LogP contribution in [0.4, 0.5) is 4.39 Å². The Morgan fingerprint density at radius 1 is 1.00 bits per heavy atom. The first-order chi connectivity index (χ1) is 7.68. The van der Waals surface area contributed by atoms with E-state index in [0.717, 1.165) is 11.1 Å². The lowest BCUT2D eigenvalue weighted by molar-refractivity contribution is 0.631. The molecule has 0 nitrogen and oxygen atoms in total. The van der Waals surface area contributed by atoms with Crippen LogP contribution in [-0.2, 0) is 0 Å². The van der Waals surface area contributed by atoms with E-state index in [0.29, 0.717) is 5.56 Å². The van der Waals surface area contributed by atoms with Crippen LogP contribution in [0.1, 0.15) is 17.7 Å². The number of hydrogen-bond donors (Lipinski definition) is 1. The molecule has 0 saturated heterocycles. The Labute approximate surface area is 101 Å². The Kier molecular flexibility index (Phi) is 3.30. The molecule has 0 aliphatic rings. The molecule has 0 saturated carbocycles. The number of hydrogen-bond acceptors (Lipinski definition) is 1. The Morgan fingerprint density at radius 3 is 2.19 bits per heavy atom. The van der Waals surface area contributed by atoms with Gasteiger partial charge in [-0.1, -0.05) is 42.5 Å². The van der Waals surface area contributed by atoms with Gasteiger partial charge in [0.2, 0.25) is 0 Å². The van der Waals surface area contributed by atoms with E-state index in [1.807, 2.05) is 37.3 Å². The molecule has 2 aromatic rings. The highest BCUT2D eigenvalue weighted by Crippen LogP contribution is 2.25. The molecule has 1 atom stereocenters. The molecule has 0 bridgehead atoms. The van der Waals surface area contributed by atoms with Crippen LogP contribution in [0.15, 0.2) is 48.5 Å². The molecule has 82 valence electrons. The van der Waals surface area contributed by atoms with Crippen LogP contribution in [0.25, 0.3) is 11.1 Å². The van der Waals surface area contributed by atoms with Crippen molar-refractivity contribution in [1.82, 2.24) is 0 Å². The Bertz CT molecular complexity index is 474. The minimum atomic E-state index is -0.186. The van der Waals surface area contributed by atoms with E-state index in [2.05, 4.69) is 12.6 Å². The Balaban J connectivity index is 2.39. The molecule has 0 spiro atoms. The summed E-state index contributed by atoms with van der Waals surface area (Å²) in [5.74, 6) is -0.186. The molecule has 1 unspecified atom stereocenters. The van der Waals surface area contributed by atoms with Gasteiger partial charge in [-0.25, -0.2) is 4.39 Å². The maximum Gasteiger partial charge on any atom is 0.131 e. The van der Waals surface area contributed by atoms with Gasteiger partial charge in [0, 0.05) is 10.8 Å². The minimum absolute atomic E-state index is 0.186. The van der Waals surface area contributed by atoms with Crippen LogP contribution in [-0.4, -0.2) is 0 Å². The van der Waals surface area contributed by atoms with E-state index >= 15 is 0 Å². The molecule has 2 aromatic carbocycles. The molecule has 0 heterocycles. The smallest absolute Gasteiger partial charge is 0.131 e. The fourth-order valence-electron chi connectivity index (χ4n) is 1.64. The van der Waals surface area contributed by atoms with Gasteiger partial charge in [0.15, 0.2) is 0 Å². The average Bonchev–Trinajstić information content (AvgIpc) is 2.30. The first kappa shape index (κ1) is 11.2. The summed E-state index contributed by atoms with van der Waals surface area (Å²) in [6.45, 7) is 2.02. The van der Waals surface area contributed by atoms with Gasteiger partial charge in [-0.15, -0.1) is 0 Å². The summed E-state index contributed by atoms with van der Waals surface area (Å²) >= 11 is 4.36. The van der Waals surface area contributed by atoms with E-state index in [4.69, 9.17) is 0 Å². The second-order valence-electron chi connectivity index (χ2n) is 3.78. The number of rotatable bonds is 2. The molecule has 0 fully saturated rings. The zero-order chi connectivity index (χ0) is 11.5. The third-order valence-electron chi connectivity index (χ3n) is 2.58. The maximum atomic E-state index is 13.5. The van der Waals surface area contributed by atoms with Gasteiger partial charge in [-0.3, -0.25) is 0 Å². The third-order valence-corrected chi connectivity index (χ3v) is 2.88. The fourth-order valence-corrected chi connectivity index (χ4v) is 1.81. The minimum Gasteiger partial charge on any atom is -0.206 e. The molecule has 0 radical (unpaired) electrons. The van der Waals surface area contributed by atoms with Crippen LogP contribution in [0.3, 0.4) is 0 Å². The summed E-state index contributed by atoms with van der Waals surface area (Å²) in [6, 6.07) is 14.6. The molecule has 0 aliphatic heterocycles. The summed E-state index contributed by atoms with van der Waals surface area (Å²) in [5, 5.41) is 0.203. The maximum absolute atomic E-state index is 13.5. The van der Waals surface area contributed by atoms with Gasteiger partial charge >= 0.3 is 0 Å². The van der Waals surface area contributed by atoms with Crippen molar-refractivity contribution in [3.05, 3.63) is 59.9 Å². The zero-order valence-corrected chi connectivity index (χ0v) is 9.92. The molecule has 2 rings (SSSR count). The van der Waals surface area contributed by atoms with Crippen LogP contribution in [0.2, 0.25) is 0 Å². The first-order valence-electron chi connectivity index (χ1n) is 5.21.